The molecule has 2 aliphatic rings. The van der Waals surface area contributed by atoms with Crippen molar-refractivity contribution in [1.82, 2.24) is 20.4 Å². The van der Waals surface area contributed by atoms with Gasteiger partial charge in [-0.1, -0.05) is 18.3 Å². The summed E-state index contributed by atoms with van der Waals surface area (Å²) in [5.41, 5.74) is 0.0788. The lowest BCUT2D eigenvalue weighted by atomic mass is 9.86. The van der Waals surface area contributed by atoms with Crippen LogP contribution in [0.4, 0.5) is 5.13 Å². The van der Waals surface area contributed by atoms with Crippen LogP contribution in [-0.2, 0) is 11.2 Å². The van der Waals surface area contributed by atoms with Crippen molar-refractivity contribution in [1.29, 1.82) is 0 Å². The Kier molecular flexibility index (Phi) is 4.12. The van der Waals surface area contributed by atoms with E-state index in [1.165, 1.54) is 0 Å². The number of amides is 1. The van der Waals surface area contributed by atoms with E-state index in [4.69, 9.17) is 0 Å². The van der Waals surface area contributed by atoms with Crippen LogP contribution in [-0.4, -0.2) is 59.8 Å². The molecular formula is C14H23N5OS. The summed E-state index contributed by atoms with van der Waals surface area (Å²) in [6.45, 7) is 5.82. The van der Waals surface area contributed by atoms with Gasteiger partial charge < -0.3 is 10.2 Å². The molecule has 0 saturated carbocycles. The number of anilines is 1. The number of nitrogens with one attached hydrogen (secondary N) is 1. The normalized spacial score (nSPS) is 27.7. The molecular weight excluding hydrogens is 286 g/mol. The number of aromatic nitrogens is 2. The van der Waals surface area contributed by atoms with Gasteiger partial charge in [-0.2, -0.15) is 0 Å². The van der Waals surface area contributed by atoms with E-state index in [1.807, 2.05) is 0 Å². The van der Waals surface area contributed by atoms with Gasteiger partial charge in [-0.15, -0.1) is 10.2 Å². The Morgan fingerprint density at radius 3 is 2.95 bits per heavy atom. The minimum atomic E-state index is 0.0788. The summed E-state index contributed by atoms with van der Waals surface area (Å²) in [5.74, 6) is 0.182. The van der Waals surface area contributed by atoms with E-state index in [0.29, 0.717) is 6.42 Å². The molecule has 7 heteroatoms. The molecule has 1 N–H and O–H groups in total. The minimum Gasteiger partial charge on any atom is -0.356 e. The summed E-state index contributed by atoms with van der Waals surface area (Å²) in [6, 6.07) is 0. The molecule has 2 saturated heterocycles. The topological polar surface area (TPSA) is 61.4 Å². The number of nitrogens with zero attached hydrogens (tertiary/aromatic N) is 4. The van der Waals surface area contributed by atoms with Crippen LogP contribution in [0.2, 0.25) is 0 Å². The molecule has 1 aromatic rings. The highest BCUT2D eigenvalue weighted by Gasteiger charge is 2.41. The molecule has 0 aliphatic carbocycles. The molecule has 3 heterocycles. The number of piperazine rings is 1. The summed E-state index contributed by atoms with van der Waals surface area (Å²) in [6.07, 6.45) is 3.49. The third kappa shape index (κ3) is 2.89. The fourth-order valence-corrected chi connectivity index (χ4v) is 4.08. The van der Waals surface area contributed by atoms with Gasteiger partial charge >= 0.3 is 0 Å². The van der Waals surface area contributed by atoms with Crippen molar-refractivity contribution in [3.8, 4) is 0 Å². The summed E-state index contributed by atoms with van der Waals surface area (Å²) in [7, 11) is 2.19. The van der Waals surface area contributed by atoms with Gasteiger partial charge in [0.05, 0.1) is 0 Å². The molecule has 2 aliphatic heterocycles. The predicted octanol–water partition coefficient (Wildman–Crippen LogP) is 0.891. The maximum Gasteiger partial charge on any atom is 0.220 e. The van der Waals surface area contributed by atoms with Crippen LogP contribution in [0.15, 0.2) is 0 Å². The number of likely N-dealkylation sites (N-methyl/N-ethyl adjacent to an activating group) is 1. The summed E-state index contributed by atoms with van der Waals surface area (Å²) in [5, 5.41) is 13.7. The van der Waals surface area contributed by atoms with Gasteiger partial charge in [-0.25, -0.2) is 0 Å². The highest BCUT2D eigenvalue weighted by atomic mass is 32.1. The molecule has 1 spiro atoms. The van der Waals surface area contributed by atoms with Crippen LogP contribution >= 0.6 is 11.3 Å². The first-order chi connectivity index (χ1) is 10.1. The van der Waals surface area contributed by atoms with Gasteiger partial charge in [-0.3, -0.25) is 9.69 Å². The molecule has 1 atom stereocenters. The van der Waals surface area contributed by atoms with Crippen molar-refractivity contribution in [3.05, 3.63) is 5.01 Å². The van der Waals surface area contributed by atoms with Crippen LogP contribution in [0.3, 0.4) is 0 Å². The SMILES string of the molecule is CCc1nnc(N2CCN(C)[C@@]3(CCNC(=O)CC3)C2)s1. The number of rotatable bonds is 2. The van der Waals surface area contributed by atoms with Gasteiger partial charge in [0, 0.05) is 38.1 Å². The zero-order valence-corrected chi connectivity index (χ0v) is 13.6. The van der Waals surface area contributed by atoms with E-state index in [0.717, 1.165) is 55.6 Å². The summed E-state index contributed by atoms with van der Waals surface area (Å²) < 4.78 is 0. The van der Waals surface area contributed by atoms with E-state index < -0.39 is 0 Å². The third-order valence-corrected chi connectivity index (χ3v) is 5.89. The first-order valence-electron chi connectivity index (χ1n) is 7.68. The van der Waals surface area contributed by atoms with Gasteiger partial charge in [0.2, 0.25) is 11.0 Å². The van der Waals surface area contributed by atoms with Gasteiger partial charge in [0.15, 0.2) is 0 Å². The molecule has 6 nitrogen and oxygen atoms in total. The molecule has 0 radical (unpaired) electrons. The van der Waals surface area contributed by atoms with Crippen molar-refractivity contribution >= 4 is 22.4 Å². The highest BCUT2D eigenvalue weighted by molar-refractivity contribution is 7.15. The Hall–Kier alpha value is -1.21. The van der Waals surface area contributed by atoms with E-state index >= 15 is 0 Å². The van der Waals surface area contributed by atoms with Crippen LogP contribution in [0.5, 0.6) is 0 Å². The first-order valence-corrected chi connectivity index (χ1v) is 8.50. The molecule has 21 heavy (non-hydrogen) atoms. The molecule has 1 amide bonds. The van der Waals surface area contributed by atoms with Gasteiger partial charge in [-0.05, 0) is 26.3 Å². The second kappa shape index (κ2) is 5.88. The smallest absolute Gasteiger partial charge is 0.220 e. The maximum absolute atomic E-state index is 11.6. The minimum absolute atomic E-state index is 0.0788. The number of hydrogen-bond acceptors (Lipinski definition) is 6. The molecule has 1 aromatic heterocycles. The number of aryl methyl sites for hydroxylation is 1. The molecule has 3 rings (SSSR count). The van der Waals surface area contributed by atoms with Gasteiger partial charge in [0.1, 0.15) is 5.01 Å². The Bertz CT molecular complexity index is 519. The average molecular weight is 309 g/mol. The molecule has 116 valence electrons. The lowest BCUT2D eigenvalue weighted by Gasteiger charge is -2.49. The number of carbonyl (C=O) groups excluding carboxylic acids is 1. The van der Waals surface area contributed by atoms with Crippen molar-refractivity contribution in [2.75, 3.05) is 38.1 Å². The molecule has 0 aromatic carbocycles. The third-order valence-electron chi connectivity index (χ3n) is 4.76. The Morgan fingerprint density at radius 2 is 2.19 bits per heavy atom. The van der Waals surface area contributed by atoms with Crippen LogP contribution in [0.25, 0.3) is 0 Å². The van der Waals surface area contributed by atoms with Crippen molar-refractivity contribution in [2.24, 2.45) is 0 Å². The number of hydrogen-bond donors (Lipinski definition) is 1. The lowest BCUT2D eigenvalue weighted by molar-refractivity contribution is -0.120. The average Bonchev–Trinajstić information content (AvgIpc) is 2.89. The Balaban J connectivity index is 1.78. The molecule has 0 bridgehead atoms. The van der Waals surface area contributed by atoms with E-state index in [1.54, 1.807) is 11.3 Å². The van der Waals surface area contributed by atoms with E-state index in [2.05, 4.69) is 39.3 Å². The first kappa shape index (κ1) is 14.7. The standard InChI is InChI=1S/C14H23N5OS/c1-3-12-16-17-13(21-12)19-9-8-18(2)14(10-19)5-4-11(20)15-7-6-14/h3-10H2,1-2H3,(H,15,20)/t14-/m0/s1. The van der Waals surface area contributed by atoms with E-state index in [9.17, 15) is 4.79 Å². The summed E-state index contributed by atoms with van der Waals surface area (Å²) >= 11 is 1.70. The van der Waals surface area contributed by atoms with Crippen molar-refractivity contribution < 1.29 is 4.79 Å². The molecule has 2 fully saturated rings. The Labute approximate surface area is 129 Å². The largest absolute Gasteiger partial charge is 0.356 e. The second-order valence-corrected chi connectivity index (χ2v) is 7.04. The predicted molar refractivity (Wildman–Crippen MR) is 83.7 cm³/mol. The fraction of sp³-hybridized carbons (Fsp3) is 0.786. The van der Waals surface area contributed by atoms with Crippen LogP contribution in [0, 0.1) is 0 Å². The monoisotopic (exact) mass is 309 g/mol. The van der Waals surface area contributed by atoms with Crippen molar-refractivity contribution in [3.63, 3.8) is 0 Å². The van der Waals surface area contributed by atoms with Gasteiger partial charge in [0.25, 0.3) is 0 Å². The second-order valence-electron chi connectivity index (χ2n) is 6.00. The summed E-state index contributed by atoms with van der Waals surface area (Å²) in [4.78, 5) is 16.4. The van der Waals surface area contributed by atoms with E-state index in [-0.39, 0.29) is 11.4 Å². The molecule has 0 unspecified atom stereocenters. The Morgan fingerprint density at radius 1 is 1.33 bits per heavy atom. The lowest BCUT2D eigenvalue weighted by Crippen LogP contribution is -2.61. The zero-order chi connectivity index (χ0) is 14.9. The number of carbonyl (C=O) groups is 1. The zero-order valence-electron chi connectivity index (χ0n) is 12.8. The van der Waals surface area contributed by atoms with Crippen molar-refractivity contribution in [2.45, 2.75) is 38.1 Å². The fourth-order valence-electron chi connectivity index (χ4n) is 3.28. The van der Waals surface area contributed by atoms with Crippen LogP contribution < -0.4 is 10.2 Å². The maximum atomic E-state index is 11.6. The quantitative estimate of drug-likeness (QED) is 0.879. The highest BCUT2D eigenvalue weighted by Crippen LogP contribution is 2.33. The van der Waals surface area contributed by atoms with Crippen LogP contribution in [0.1, 0.15) is 31.2 Å².